The Morgan fingerprint density at radius 1 is 0.946 bits per heavy atom. The molecule has 9 heteroatoms. The second kappa shape index (κ2) is 10.8. The number of nitrogens with two attached hydrogens (primary N) is 2. The maximum Gasteiger partial charge on any atom is 0.265 e. The predicted molar refractivity (Wildman–Crippen MR) is 145 cm³/mol. The van der Waals surface area contributed by atoms with Gasteiger partial charge < -0.3 is 20.3 Å². The van der Waals surface area contributed by atoms with Crippen molar-refractivity contribution in [2.45, 2.75) is 6.54 Å². The Morgan fingerprint density at radius 2 is 1.73 bits per heavy atom. The fourth-order valence-electron chi connectivity index (χ4n) is 4.28. The van der Waals surface area contributed by atoms with E-state index in [4.69, 9.17) is 30.2 Å². The van der Waals surface area contributed by atoms with Crippen LogP contribution in [-0.2, 0) is 15.7 Å². The summed E-state index contributed by atoms with van der Waals surface area (Å²) in [5, 5.41) is 13.0. The van der Waals surface area contributed by atoms with Crippen LogP contribution in [0, 0.1) is 5.41 Å². The molecular weight excluding hydrogens is 488 g/mol. The van der Waals surface area contributed by atoms with E-state index >= 15 is 0 Å². The summed E-state index contributed by atoms with van der Waals surface area (Å²) in [6.07, 6.45) is 0. The van der Waals surface area contributed by atoms with E-state index in [0.29, 0.717) is 41.5 Å². The Balaban J connectivity index is 1.47. The number of fused-ring (bicyclic) bond motifs is 1. The molecule has 1 heterocycles. The van der Waals surface area contributed by atoms with Gasteiger partial charge in [0.15, 0.2) is 12.4 Å². The van der Waals surface area contributed by atoms with E-state index in [1.165, 1.54) is 0 Å². The summed E-state index contributed by atoms with van der Waals surface area (Å²) in [5.74, 6) is 1.00. The van der Waals surface area contributed by atoms with Crippen LogP contribution in [0.3, 0.4) is 0 Å². The number of carbonyl (C=O) groups is 1. The number of benzene rings is 4. The molecule has 0 bridgehead atoms. The van der Waals surface area contributed by atoms with Crippen molar-refractivity contribution in [3.63, 3.8) is 0 Å². The molecule has 8 nitrogen and oxygen atoms in total. The number of rotatable bonds is 8. The lowest BCUT2D eigenvalue weighted by atomic mass is 10.00. The number of nitrogen functional groups attached to an aromatic ring is 1. The van der Waals surface area contributed by atoms with Gasteiger partial charge in [0.2, 0.25) is 0 Å². The smallest absolute Gasteiger partial charge is 0.265 e. The van der Waals surface area contributed by atoms with E-state index < -0.39 is 0 Å². The van der Waals surface area contributed by atoms with Crippen LogP contribution in [-0.4, -0.2) is 18.3 Å². The number of amidine groups is 1. The number of hydrogen-bond acceptors (Lipinski definition) is 7. The van der Waals surface area contributed by atoms with E-state index in [9.17, 15) is 4.79 Å². The monoisotopic (exact) mass is 512 g/mol. The van der Waals surface area contributed by atoms with E-state index in [1.54, 1.807) is 17.0 Å². The molecule has 5 rings (SSSR count). The number of para-hydroxylation sites is 1. The molecule has 0 spiro atoms. The lowest BCUT2D eigenvalue weighted by Crippen LogP contribution is -2.38. The molecule has 0 aromatic heterocycles. The number of amides is 1. The number of carbonyl (C=O) groups excluding carboxylic acids is 1. The molecule has 4 aromatic carbocycles. The number of anilines is 1. The van der Waals surface area contributed by atoms with Crippen molar-refractivity contribution in [2.24, 2.45) is 10.9 Å². The third-order valence-corrected chi connectivity index (χ3v) is 6.18. The minimum atomic E-state index is -0.138. The second-order valence-corrected chi connectivity index (χ2v) is 8.72. The summed E-state index contributed by atoms with van der Waals surface area (Å²) in [4.78, 5) is 20.0. The molecule has 0 aliphatic carbocycles. The standard InChI is InChI=1S/C28H24N4O4S/c29-28(30)22-8-4-7-20(14-22)19-6-3-5-18(13-19)16-32-24-15-21(11-12-26(24)34-17-27(32)33)23-9-1-2-10-25(23)35-36-37-31/h1-15H,16-17,31H2,(H3,29,30). The van der Waals surface area contributed by atoms with Crippen LogP contribution < -0.4 is 25.4 Å². The first-order valence-corrected chi connectivity index (χ1v) is 12.2. The third-order valence-electron chi connectivity index (χ3n) is 6.04. The number of ether oxygens (including phenoxy) is 1. The zero-order valence-electron chi connectivity index (χ0n) is 19.7. The van der Waals surface area contributed by atoms with Crippen LogP contribution in [0.2, 0.25) is 0 Å². The molecule has 4 aromatic rings. The molecule has 0 saturated heterocycles. The maximum atomic E-state index is 13.0. The highest BCUT2D eigenvalue weighted by molar-refractivity contribution is 7.92. The first kappa shape index (κ1) is 24.4. The highest BCUT2D eigenvalue weighted by Gasteiger charge is 2.26. The van der Waals surface area contributed by atoms with Crippen molar-refractivity contribution in [2.75, 3.05) is 11.5 Å². The van der Waals surface area contributed by atoms with Crippen molar-refractivity contribution < 1.29 is 18.8 Å². The second-order valence-electron chi connectivity index (χ2n) is 8.39. The van der Waals surface area contributed by atoms with Gasteiger partial charge in [-0.05, 0) is 52.6 Å². The summed E-state index contributed by atoms with van der Waals surface area (Å²) < 4.78 is 10.6. The van der Waals surface area contributed by atoms with Gasteiger partial charge in [-0.2, -0.15) is 0 Å². The number of nitrogens with zero attached hydrogens (tertiary/aromatic N) is 1. The van der Waals surface area contributed by atoms with Crippen molar-refractivity contribution >= 4 is 29.7 Å². The van der Waals surface area contributed by atoms with E-state index in [2.05, 4.69) is 0 Å². The van der Waals surface area contributed by atoms with E-state index in [1.807, 2.05) is 78.9 Å². The molecule has 0 atom stereocenters. The van der Waals surface area contributed by atoms with Crippen molar-refractivity contribution in [1.29, 1.82) is 5.41 Å². The molecule has 1 aliphatic heterocycles. The average molecular weight is 513 g/mol. The molecule has 1 amide bonds. The fourth-order valence-corrected chi connectivity index (χ4v) is 4.39. The molecule has 0 saturated carbocycles. The van der Waals surface area contributed by atoms with Crippen LogP contribution in [0.5, 0.6) is 11.5 Å². The largest absolute Gasteiger partial charge is 0.482 e. The van der Waals surface area contributed by atoms with Gasteiger partial charge in [0.05, 0.1) is 12.2 Å². The lowest BCUT2D eigenvalue weighted by molar-refractivity contribution is -0.121. The zero-order chi connectivity index (χ0) is 25.8. The molecule has 0 radical (unpaired) electrons. The lowest BCUT2D eigenvalue weighted by Gasteiger charge is -2.30. The molecule has 5 N–H and O–H groups in total. The highest BCUT2D eigenvalue weighted by Crippen LogP contribution is 2.39. The van der Waals surface area contributed by atoms with Gasteiger partial charge in [-0.3, -0.25) is 15.3 Å². The summed E-state index contributed by atoms with van der Waals surface area (Å²) in [5.41, 5.74) is 11.5. The topological polar surface area (TPSA) is 124 Å². The van der Waals surface area contributed by atoms with Gasteiger partial charge in [-0.15, -0.1) is 0 Å². The Kier molecular flexibility index (Phi) is 7.09. The van der Waals surface area contributed by atoms with Gasteiger partial charge in [-0.1, -0.05) is 65.0 Å². The Labute approximate surface area is 218 Å². The SMILES string of the molecule is N=C(N)c1cccc(-c2cccc(CN3C(=O)COc4ccc(-c5ccccc5OOSN)cc43)c2)c1. The predicted octanol–water partition coefficient (Wildman–Crippen LogP) is 5.06. The molecule has 37 heavy (non-hydrogen) atoms. The van der Waals surface area contributed by atoms with Gasteiger partial charge >= 0.3 is 0 Å². The first-order chi connectivity index (χ1) is 18.0. The number of hydrogen-bond donors (Lipinski definition) is 3. The minimum Gasteiger partial charge on any atom is -0.482 e. The van der Waals surface area contributed by atoms with Crippen molar-refractivity contribution in [3.05, 3.63) is 102 Å². The van der Waals surface area contributed by atoms with Crippen LogP contribution in [0.25, 0.3) is 22.3 Å². The molecule has 0 fully saturated rings. The van der Waals surface area contributed by atoms with Crippen molar-refractivity contribution in [1.82, 2.24) is 0 Å². The van der Waals surface area contributed by atoms with Gasteiger partial charge in [-0.25, -0.2) is 0 Å². The van der Waals surface area contributed by atoms with Crippen LogP contribution >= 0.6 is 12.2 Å². The van der Waals surface area contributed by atoms with Gasteiger partial charge in [0.1, 0.15) is 23.8 Å². The molecule has 1 aliphatic rings. The molecular formula is C28H24N4O4S. The minimum absolute atomic E-state index is 0.0182. The molecule has 0 unspecified atom stereocenters. The normalized spacial score (nSPS) is 12.6. The maximum absolute atomic E-state index is 13.0. The third kappa shape index (κ3) is 5.29. The Morgan fingerprint density at radius 3 is 2.54 bits per heavy atom. The Hall–Kier alpha value is -4.31. The number of nitrogens with one attached hydrogen (secondary N) is 1. The average Bonchev–Trinajstić information content (AvgIpc) is 2.93. The van der Waals surface area contributed by atoms with E-state index in [-0.39, 0.29) is 18.3 Å². The van der Waals surface area contributed by atoms with Crippen molar-refractivity contribution in [3.8, 4) is 33.8 Å². The summed E-state index contributed by atoms with van der Waals surface area (Å²) in [6.45, 7) is 0.331. The summed E-state index contributed by atoms with van der Waals surface area (Å²) >= 11 is 0.615. The fraction of sp³-hybridized carbons (Fsp3) is 0.0714. The highest BCUT2D eigenvalue weighted by atomic mass is 32.2. The summed E-state index contributed by atoms with van der Waals surface area (Å²) in [6, 6.07) is 28.6. The zero-order valence-corrected chi connectivity index (χ0v) is 20.5. The van der Waals surface area contributed by atoms with Crippen LogP contribution in [0.4, 0.5) is 5.69 Å². The first-order valence-electron chi connectivity index (χ1n) is 11.4. The van der Waals surface area contributed by atoms with Gasteiger partial charge in [0.25, 0.3) is 5.91 Å². The van der Waals surface area contributed by atoms with Gasteiger partial charge in [0, 0.05) is 11.1 Å². The Bertz CT molecular complexity index is 1480. The van der Waals surface area contributed by atoms with Crippen LogP contribution in [0.15, 0.2) is 91.0 Å². The summed E-state index contributed by atoms with van der Waals surface area (Å²) in [7, 11) is 0. The van der Waals surface area contributed by atoms with E-state index in [0.717, 1.165) is 27.8 Å². The van der Waals surface area contributed by atoms with Crippen LogP contribution in [0.1, 0.15) is 11.1 Å². The quantitative estimate of drug-likeness (QED) is 0.0752. The molecule has 186 valence electrons.